The molecule has 116 valence electrons. The highest BCUT2D eigenvalue weighted by atomic mass is 35.5. The number of aliphatic carboxylic acids is 1. The second-order valence-corrected chi connectivity index (χ2v) is 5.04. The molecule has 1 aromatic heterocycles. The zero-order valence-corrected chi connectivity index (χ0v) is 12.3. The molecule has 1 heterocycles. The highest BCUT2D eigenvalue weighted by Gasteiger charge is 2.21. The van der Waals surface area contributed by atoms with E-state index >= 15 is 0 Å². The summed E-state index contributed by atoms with van der Waals surface area (Å²) in [5.74, 6) is -2.29. The van der Waals surface area contributed by atoms with E-state index in [0.717, 1.165) is 6.07 Å². The van der Waals surface area contributed by atoms with Crippen molar-refractivity contribution in [2.24, 2.45) is 7.05 Å². The first-order chi connectivity index (χ1) is 10.4. The van der Waals surface area contributed by atoms with Crippen molar-refractivity contribution in [2.75, 3.05) is 0 Å². The van der Waals surface area contributed by atoms with Crippen LogP contribution in [0.25, 0.3) is 0 Å². The standard InChI is InChI=1S/C14H13ClFN3O3/c1-19-12(4-5-17-19)14(22)18-11(7-13(20)21)8-2-3-9(15)10(16)6-8/h2-6,11H,7H2,1H3,(H,18,22)(H,20,21)/t11-/m1/s1. The van der Waals surface area contributed by atoms with Crippen LogP contribution in [0.15, 0.2) is 30.5 Å². The Morgan fingerprint density at radius 3 is 2.73 bits per heavy atom. The number of carboxylic acids is 1. The van der Waals surface area contributed by atoms with E-state index in [2.05, 4.69) is 10.4 Å². The van der Waals surface area contributed by atoms with Crippen molar-refractivity contribution in [3.63, 3.8) is 0 Å². The minimum absolute atomic E-state index is 0.0733. The molecule has 0 fully saturated rings. The van der Waals surface area contributed by atoms with Gasteiger partial charge in [0, 0.05) is 13.2 Å². The Morgan fingerprint density at radius 1 is 1.45 bits per heavy atom. The normalized spacial score (nSPS) is 12.0. The molecule has 1 atom stereocenters. The van der Waals surface area contributed by atoms with Crippen molar-refractivity contribution in [3.05, 3.63) is 52.6 Å². The molecular formula is C14H13ClFN3O3. The second kappa shape index (κ2) is 6.57. The van der Waals surface area contributed by atoms with Gasteiger partial charge >= 0.3 is 5.97 Å². The number of carbonyl (C=O) groups is 2. The summed E-state index contributed by atoms with van der Waals surface area (Å²) in [5.41, 5.74) is 0.588. The Labute approximate surface area is 130 Å². The van der Waals surface area contributed by atoms with Crippen LogP contribution in [0.2, 0.25) is 5.02 Å². The van der Waals surface area contributed by atoms with E-state index in [4.69, 9.17) is 16.7 Å². The lowest BCUT2D eigenvalue weighted by molar-refractivity contribution is -0.137. The Morgan fingerprint density at radius 2 is 2.18 bits per heavy atom. The zero-order chi connectivity index (χ0) is 16.3. The number of rotatable bonds is 5. The zero-order valence-electron chi connectivity index (χ0n) is 11.6. The van der Waals surface area contributed by atoms with Gasteiger partial charge in [0.25, 0.3) is 5.91 Å². The largest absolute Gasteiger partial charge is 0.481 e. The summed E-state index contributed by atoms with van der Waals surface area (Å²) in [7, 11) is 1.59. The van der Waals surface area contributed by atoms with Crippen LogP contribution in [-0.2, 0) is 11.8 Å². The van der Waals surface area contributed by atoms with Gasteiger partial charge in [-0.15, -0.1) is 0 Å². The predicted molar refractivity (Wildman–Crippen MR) is 77.1 cm³/mol. The van der Waals surface area contributed by atoms with Crippen LogP contribution in [0.3, 0.4) is 0 Å². The quantitative estimate of drug-likeness (QED) is 0.882. The molecule has 8 heteroatoms. The number of hydrogen-bond acceptors (Lipinski definition) is 3. The number of aromatic nitrogens is 2. The van der Waals surface area contributed by atoms with E-state index in [1.54, 1.807) is 7.05 Å². The van der Waals surface area contributed by atoms with Gasteiger partial charge in [-0.1, -0.05) is 17.7 Å². The van der Waals surface area contributed by atoms with Gasteiger partial charge < -0.3 is 10.4 Å². The van der Waals surface area contributed by atoms with Gasteiger partial charge in [0.1, 0.15) is 11.5 Å². The molecule has 0 aliphatic carbocycles. The van der Waals surface area contributed by atoms with Crippen LogP contribution < -0.4 is 5.32 Å². The number of carboxylic acid groups (broad SMARTS) is 1. The van der Waals surface area contributed by atoms with E-state index in [-0.39, 0.29) is 17.1 Å². The van der Waals surface area contributed by atoms with Crippen molar-refractivity contribution in [1.82, 2.24) is 15.1 Å². The predicted octanol–water partition coefficient (Wildman–Crippen LogP) is 2.16. The van der Waals surface area contributed by atoms with E-state index in [0.29, 0.717) is 5.56 Å². The van der Waals surface area contributed by atoms with Crippen LogP contribution in [-0.4, -0.2) is 26.8 Å². The average Bonchev–Trinajstić information content (AvgIpc) is 2.87. The first-order valence-corrected chi connectivity index (χ1v) is 6.72. The third-order valence-corrected chi connectivity index (χ3v) is 3.39. The minimum atomic E-state index is -1.12. The van der Waals surface area contributed by atoms with Crippen LogP contribution in [0, 0.1) is 5.82 Å². The molecule has 1 aromatic carbocycles. The number of nitrogens with zero attached hydrogens (tertiary/aromatic N) is 2. The average molecular weight is 326 g/mol. The fraction of sp³-hybridized carbons (Fsp3) is 0.214. The lowest BCUT2D eigenvalue weighted by Gasteiger charge is -2.17. The Balaban J connectivity index is 2.26. The first-order valence-electron chi connectivity index (χ1n) is 6.34. The monoisotopic (exact) mass is 325 g/mol. The summed E-state index contributed by atoms with van der Waals surface area (Å²) in [6.45, 7) is 0. The molecule has 0 unspecified atom stereocenters. The van der Waals surface area contributed by atoms with Crippen LogP contribution in [0.4, 0.5) is 4.39 Å². The Kier molecular flexibility index (Phi) is 4.77. The van der Waals surface area contributed by atoms with Crippen molar-refractivity contribution < 1.29 is 19.1 Å². The van der Waals surface area contributed by atoms with E-state index < -0.39 is 23.7 Å². The fourth-order valence-electron chi connectivity index (χ4n) is 1.98. The molecule has 2 rings (SSSR count). The van der Waals surface area contributed by atoms with Crippen molar-refractivity contribution >= 4 is 23.5 Å². The molecule has 0 saturated heterocycles. The lowest BCUT2D eigenvalue weighted by atomic mass is 10.0. The third-order valence-electron chi connectivity index (χ3n) is 3.08. The van der Waals surface area contributed by atoms with Gasteiger partial charge in [-0.2, -0.15) is 5.10 Å². The van der Waals surface area contributed by atoms with Crippen LogP contribution in [0.5, 0.6) is 0 Å². The number of benzene rings is 1. The fourth-order valence-corrected chi connectivity index (χ4v) is 2.10. The van der Waals surface area contributed by atoms with Crippen molar-refractivity contribution in [2.45, 2.75) is 12.5 Å². The third kappa shape index (κ3) is 3.62. The number of amides is 1. The number of carbonyl (C=O) groups excluding carboxylic acids is 1. The Bertz CT molecular complexity index is 717. The van der Waals surface area contributed by atoms with Crippen LogP contribution in [0.1, 0.15) is 28.5 Å². The van der Waals surface area contributed by atoms with Crippen LogP contribution >= 0.6 is 11.6 Å². The second-order valence-electron chi connectivity index (χ2n) is 4.64. The van der Waals surface area contributed by atoms with Gasteiger partial charge in [0.15, 0.2) is 0 Å². The maximum atomic E-state index is 13.5. The van der Waals surface area contributed by atoms with Gasteiger partial charge in [-0.05, 0) is 23.8 Å². The highest BCUT2D eigenvalue weighted by molar-refractivity contribution is 6.30. The SMILES string of the molecule is Cn1nccc1C(=O)N[C@H](CC(=O)O)c1ccc(Cl)c(F)c1. The smallest absolute Gasteiger partial charge is 0.305 e. The topological polar surface area (TPSA) is 84.2 Å². The van der Waals surface area contributed by atoms with Gasteiger partial charge in [-0.3, -0.25) is 14.3 Å². The summed E-state index contributed by atoms with van der Waals surface area (Å²) in [4.78, 5) is 23.1. The van der Waals surface area contributed by atoms with Crippen molar-refractivity contribution in [1.29, 1.82) is 0 Å². The van der Waals surface area contributed by atoms with E-state index in [1.165, 1.54) is 29.1 Å². The molecule has 6 nitrogen and oxygen atoms in total. The summed E-state index contributed by atoms with van der Waals surface area (Å²) in [6.07, 6.45) is 1.06. The van der Waals surface area contributed by atoms with Crippen molar-refractivity contribution in [3.8, 4) is 0 Å². The summed E-state index contributed by atoms with van der Waals surface area (Å²) in [5, 5.41) is 15.3. The molecule has 0 bridgehead atoms. The summed E-state index contributed by atoms with van der Waals surface area (Å²) in [6, 6.07) is 4.52. The van der Waals surface area contributed by atoms with E-state index in [1.807, 2.05) is 0 Å². The molecule has 1 amide bonds. The molecule has 0 spiro atoms. The molecular weight excluding hydrogens is 313 g/mol. The molecule has 0 aliphatic rings. The minimum Gasteiger partial charge on any atom is -0.481 e. The Hall–Kier alpha value is -2.41. The number of hydrogen-bond donors (Lipinski definition) is 2. The lowest BCUT2D eigenvalue weighted by Crippen LogP contribution is -2.31. The molecule has 22 heavy (non-hydrogen) atoms. The summed E-state index contributed by atoms with van der Waals surface area (Å²) >= 11 is 5.61. The molecule has 0 aliphatic heterocycles. The highest BCUT2D eigenvalue weighted by Crippen LogP contribution is 2.23. The molecule has 0 saturated carbocycles. The van der Waals surface area contributed by atoms with Gasteiger partial charge in [0.05, 0.1) is 17.5 Å². The van der Waals surface area contributed by atoms with Gasteiger partial charge in [0.2, 0.25) is 0 Å². The number of halogens is 2. The summed E-state index contributed by atoms with van der Waals surface area (Å²) < 4.78 is 14.9. The number of nitrogens with one attached hydrogen (secondary N) is 1. The number of aryl methyl sites for hydroxylation is 1. The molecule has 0 radical (unpaired) electrons. The first kappa shape index (κ1) is 16.0. The van der Waals surface area contributed by atoms with E-state index in [9.17, 15) is 14.0 Å². The maximum Gasteiger partial charge on any atom is 0.305 e. The van der Waals surface area contributed by atoms with Gasteiger partial charge in [-0.25, -0.2) is 4.39 Å². The molecule has 2 aromatic rings. The maximum absolute atomic E-state index is 13.5. The molecule has 2 N–H and O–H groups in total.